The molecule has 24 heavy (non-hydrogen) atoms. The lowest BCUT2D eigenvalue weighted by atomic mass is 10.1. The van der Waals surface area contributed by atoms with E-state index in [1.54, 1.807) is 0 Å². The Morgan fingerprint density at radius 1 is 1.33 bits per heavy atom. The number of carbonyl (C=O) groups is 3. The molecule has 1 heterocycles. The molecular weight excluding hydrogens is 331 g/mol. The fraction of sp³-hybridized carbons (Fsp3) is 0.357. The molecule has 1 fully saturated rings. The van der Waals surface area contributed by atoms with Crippen molar-refractivity contribution in [2.75, 3.05) is 32.1 Å². The minimum Gasteiger partial charge on any atom is -0.465 e. The molecule has 2 N–H and O–H groups in total. The van der Waals surface area contributed by atoms with Crippen molar-refractivity contribution in [3.8, 4) is 0 Å². The minimum atomic E-state index is -4.67. The lowest BCUT2D eigenvalue weighted by Crippen LogP contribution is -2.38. The Labute approximate surface area is 134 Å². The van der Waals surface area contributed by atoms with Crippen molar-refractivity contribution >= 4 is 23.6 Å². The third-order valence-electron chi connectivity index (χ3n) is 3.28. The molecule has 1 aromatic carbocycles. The summed E-state index contributed by atoms with van der Waals surface area (Å²) in [5.74, 6) is -1.53. The number of halogens is 3. The van der Waals surface area contributed by atoms with Crippen molar-refractivity contribution in [1.82, 2.24) is 10.2 Å². The lowest BCUT2D eigenvalue weighted by Gasteiger charge is -2.15. The quantitative estimate of drug-likeness (QED) is 0.807. The van der Waals surface area contributed by atoms with Crippen molar-refractivity contribution in [2.45, 2.75) is 6.18 Å². The van der Waals surface area contributed by atoms with Gasteiger partial charge in [0.25, 0.3) is 0 Å². The molecule has 1 aliphatic rings. The Balaban J connectivity index is 2.18. The standard InChI is InChI=1S/C14H14F3N3O4/c1-24-12(22)8-4-9(14(15,16)17)6-10(5-8)19-7-11(21)20-3-2-18-13(20)23/h4-6,19H,2-3,7H2,1H3,(H,18,23). The predicted octanol–water partition coefficient (Wildman–Crippen LogP) is 1.46. The molecule has 0 atom stereocenters. The molecule has 130 valence electrons. The monoisotopic (exact) mass is 345 g/mol. The molecule has 0 aromatic heterocycles. The number of hydrogen-bond acceptors (Lipinski definition) is 5. The van der Waals surface area contributed by atoms with Crippen LogP contribution in [0.5, 0.6) is 0 Å². The van der Waals surface area contributed by atoms with Crippen molar-refractivity contribution < 1.29 is 32.3 Å². The number of nitrogens with zero attached hydrogens (tertiary/aromatic N) is 1. The number of esters is 1. The Morgan fingerprint density at radius 2 is 2.04 bits per heavy atom. The van der Waals surface area contributed by atoms with Crippen LogP contribution in [0.25, 0.3) is 0 Å². The molecule has 0 spiro atoms. The SMILES string of the molecule is COC(=O)c1cc(NCC(=O)N2CCNC2=O)cc(C(F)(F)F)c1. The van der Waals surface area contributed by atoms with E-state index < -0.39 is 36.2 Å². The summed E-state index contributed by atoms with van der Waals surface area (Å²) in [6.45, 7) is 0.116. The topological polar surface area (TPSA) is 87.7 Å². The second-order valence-corrected chi connectivity index (χ2v) is 4.92. The van der Waals surface area contributed by atoms with Crippen LogP contribution in [-0.4, -0.2) is 49.6 Å². The van der Waals surface area contributed by atoms with E-state index in [0.717, 1.165) is 24.1 Å². The van der Waals surface area contributed by atoms with Gasteiger partial charge in [0.05, 0.1) is 24.8 Å². The number of rotatable bonds is 4. The molecule has 0 aliphatic carbocycles. The molecular formula is C14H14F3N3O4. The fourth-order valence-corrected chi connectivity index (χ4v) is 2.11. The number of urea groups is 1. The smallest absolute Gasteiger partial charge is 0.416 e. The summed E-state index contributed by atoms with van der Waals surface area (Å²) in [5, 5.41) is 4.93. The summed E-state index contributed by atoms with van der Waals surface area (Å²) in [6, 6.07) is 2.01. The largest absolute Gasteiger partial charge is 0.465 e. The highest BCUT2D eigenvalue weighted by Crippen LogP contribution is 2.32. The lowest BCUT2D eigenvalue weighted by molar-refractivity contribution is -0.137. The molecule has 1 saturated heterocycles. The van der Waals surface area contributed by atoms with Crippen LogP contribution < -0.4 is 10.6 Å². The maximum absolute atomic E-state index is 12.9. The average Bonchev–Trinajstić information content (AvgIpc) is 2.96. The van der Waals surface area contributed by atoms with E-state index in [2.05, 4.69) is 15.4 Å². The molecule has 2 rings (SSSR count). The molecule has 0 unspecified atom stereocenters. The van der Waals surface area contributed by atoms with E-state index >= 15 is 0 Å². The number of carbonyl (C=O) groups excluding carboxylic acids is 3. The molecule has 1 aliphatic heterocycles. The zero-order valence-corrected chi connectivity index (χ0v) is 12.6. The summed E-state index contributed by atoms with van der Waals surface area (Å²) >= 11 is 0. The summed E-state index contributed by atoms with van der Waals surface area (Å²) in [6.07, 6.45) is -4.67. The average molecular weight is 345 g/mol. The highest BCUT2D eigenvalue weighted by molar-refractivity contribution is 5.97. The molecule has 0 saturated carbocycles. The van der Waals surface area contributed by atoms with Gasteiger partial charge in [-0.3, -0.25) is 9.69 Å². The van der Waals surface area contributed by atoms with Crippen molar-refractivity contribution in [1.29, 1.82) is 0 Å². The van der Waals surface area contributed by atoms with E-state index in [-0.39, 0.29) is 17.8 Å². The molecule has 0 radical (unpaired) electrons. The van der Waals surface area contributed by atoms with Crippen molar-refractivity contribution in [3.05, 3.63) is 29.3 Å². The zero-order valence-electron chi connectivity index (χ0n) is 12.6. The van der Waals surface area contributed by atoms with E-state index in [1.807, 2.05) is 0 Å². The van der Waals surface area contributed by atoms with Gasteiger partial charge >= 0.3 is 18.2 Å². The summed E-state index contributed by atoms with van der Waals surface area (Å²) in [4.78, 5) is 35.7. The highest BCUT2D eigenvalue weighted by atomic mass is 19.4. The number of anilines is 1. The van der Waals surface area contributed by atoms with Gasteiger partial charge in [-0.25, -0.2) is 9.59 Å². The van der Waals surface area contributed by atoms with E-state index in [1.165, 1.54) is 0 Å². The number of nitrogens with one attached hydrogen (secondary N) is 2. The maximum atomic E-state index is 12.9. The van der Waals surface area contributed by atoms with Crippen LogP contribution in [0.4, 0.5) is 23.7 Å². The van der Waals surface area contributed by atoms with Crippen LogP contribution in [0.15, 0.2) is 18.2 Å². The minimum absolute atomic E-state index is 0.0850. The number of ether oxygens (including phenoxy) is 1. The first-order valence-electron chi connectivity index (χ1n) is 6.85. The fourth-order valence-electron chi connectivity index (χ4n) is 2.11. The molecule has 1 aromatic rings. The Kier molecular flexibility index (Phi) is 4.96. The van der Waals surface area contributed by atoms with Crippen LogP contribution in [-0.2, 0) is 15.7 Å². The van der Waals surface area contributed by atoms with Gasteiger partial charge in [0.2, 0.25) is 5.91 Å². The number of hydrogen-bond donors (Lipinski definition) is 2. The van der Waals surface area contributed by atoms with Gasteiger partial charge in [0, 0.05) is 18.8 Å². The number of amides is 3. The Hall–Kier alpha value is -2.78. The highest BCUT2D eigenvalue weighted by Gasteiger charge is 2.32. The number of methoxy groups -OCH3 is 1. The van der Waals surface area contributed by atoms with Crippen LogP contribution in [0, 0.1) is 0 Å². The summed E-state index contributed by atoms with van der Waals surface area (Å²) in [7, 11) is 1.05. The second-order valence-electron chi connectivity index (χ2n) is 4.92. The third kappa shape index (κ3) is 3.94. The predicted molar refractivity (Wildman–Crippen MR) is 76.4 cm³/mol. The number of imide groups is 1. The first kappa shape index (κ1) is 17.6. The molecule has 7 nitrogen and oxygen atoms in total. The third-order valence-corrected chi connectivity index (χ3v) is 3.28. The van der Waals surface area contributed by atoms with Gasteiger partial charge in [0.1, 0.15) is 0 Å². The Morgan fingerprint density at radius 3 is 2.58 bits per heavy atom. The van der Waals surface area contributed by atoms with Crippen molar-refractivity contribution in [3.63, 3.8) is 0 Å². The molecule has 10 heteroatoms. The number of alkyl halides is 3. The summed E-state index contributed by atoms with van der Waals surface area (Å²) in [5.41, 5.74) is -1.45. The van der Waals surface area contributed by atoms with E-state index in [9.17, 15) is 27.6 Å². The van der Waals surface area contributed by atoms with Gasteiger partial charge in [-0.1, -0.05) is 0 Å². The number of benzene rings is 1. The van der Waals surface area contributed by atoms with Crippen LogP contribution in [0.3, 0.4) is 0 Å². The van der Waals surface area contributed by atoms with Crippen LogP contribution in [0.2, 0.25) is 0 Å². The van der Waals surface area contributed by atoms with Gasteiger partial charge in [-0.2, -0.15) is 13.2 Å². The first-order valence-corrected chi connectivity index (χ1v) is 6.85. The van der Waals surface area contributed by atoms with Gasteiger partial charge in [0.15, 0.2) is 0 Å². The van der Waals surface area contributed by atoms with E-state index in [4.69, 9.17) is 0 Å². The van der Waals surface area contributed by atoms with Crippen molar-refractivity contribution in [2.24, 2.45) is 0 Å². The van der Waals surface area contributed by atoms with Crippen LogP contribution in [0.1, 0.15) is 15.9 Å². The normalized spacial score (nSPS) is 14.3. The first-order chi connectivity index (χ1) is 11.2. The van der Waals surface area contributed by atoms with Gasteiger partial charge < -0.3 is 15.4 Å². The summed E-state index contributed by atoms with van der Waals surface area (Å²) < 4.78 is 43.1. The molecule has 3 amide bonds. The van der Waals surface area contributed by atoms with Crippen LogP contribution >= 0.6 is 0 Å². The Bertz CT molecular complexity index is 676. The molecule has 0 bridgehead atoms. The second kappa shape index (κ2) is 6.77. The zero-order chi connectivity index (χ0) is 17.9. The van der Waals surface area contributed by atoms with Gasteiger partial charge in [-0.15, -0.1) is 0 Å². The maximum Gasteiger partial charge on any atom is 0.416 e. The van der Waals surface area contributed by atoms with Gasteiger partial charge in [-0.05, 0) is 18.2 Å². The van der Waals surface area contributed by atoms with E-state index in [0.29, 0.717) is 12.6 Å².